The molecular weight excluding hydrogens is 416 g/mol. The number of hydrogen-bond donors (Lipinski definition) is 1. The van der Waals surface area contributed by atoms with Crippen molar-refractivity contribution in [3.63, 3.8) is 0 Å². The van der Waals surface area contributed by atoms with Gasteiger partial charge in [-0.15, -0.1) is 0 Å². The van der Waals surface area contributed by atoms with Crippen LogP contribution in [0.1, 0.15) is 70.6 Å². The summed E-state index contributed by atoms with van der Waals surface area (Å²) in [5.41, 5.74) is 0. The summed E-state index contributed by atoms with van der Waals surface area (Å²) >= 11 is 0. The predicted molar refractivity (Wildman–Crippen MR) is 114 cm³/mol. The van der Waals surface area contributed by atoms with E-state index in [9.17, 15) is 14.7 Å². The van der Waals surface area contributed by atoms with Crippen LogP contribution in [0.4, 0.5) is 9.59 Å². The van der Waals surface area contributed by atoms with Crippen molar-refractivity contribution in [2.24, 2.45) is 23.7 Å². The molecule has 3 saturated carbocycles. The number of carbonyl (C=O) groups excluding carboxylic acids is 2. The molecule has 1 aliphatic heterocycles. The molecular formula is C24H38O8. The van der Waals surface area contributed by atoms with Crippen molar-refractivity contribution in [2.75, 3.05) is 26.4 Å². The van der Waals surface area contributed by atoms with Gasteiger partial charge in [-0.05, 0) is 87.9 Å². The molecule has 0 aromatic rings. The molecule has 1 N–H and O–H groups in total. The first-order valence-corrected chi connectivity index (χ1v) is 12.5. The number of aliphatic hydroxyl groups excluding tert-OH is 1. The van der Waals surface area contributed by atoms with E-state index in [4.69, 9.17) is 23.7 Å². The van der Waals surface area contributed by atoms with E-state index in [-0.39, 0.29) is 12.0 Å². The fourth-order valence-corrected chi connectivity index (χ4v) is 5.44. The predicted octanol–water partition coefficient (Wildman–Crippen LogP) is 4.22. The number of ether oxygens (including phenoxy) is 5. The van der Waals surface area contributed by atoms with Crippen LogP contribution >= 0.6 is 0 Å². The Kier molecular flexibility index (Phi) is 8.52. The van der Waals surface area contributed by atoms with Crippen LogP contribution in [0.15, 0.2) is 0 Å². The normalized spacial score (nSPS) is 36.5. The highest BCUT2D eigenvalue weighted by molar-refractivity contribution is 5.60. The van der Waals surface area contributed by atoms with Crippen LogP contribution in [0, 0.1) is 23.7 Å². The summed E-state index contributed by atoms with van der Waals surface area (Å²) in [6.45, 7) is 1.51. The lowest BCUT2D eigenvalue weighted by atomic mass is 9.83. The van der Waals surface area contributed by atoms with Gasteiger partial charge >= 0.3 is 12.3 Å². The van der Waals surface area contributed by atoms with Gasteiger partial charge < -0.3 is 28.8 Å². The highest BCUT2D eigenvalue weighted by atomic mass is 16.7. The van der Waals surface area contributed by atoms with E-state index in [0.717, 1.165) is 64.2 Å². The topological polar surface area (TPSA) is 104 Å². The molecule has 1 saturated heterocycles. The Hall–Kier alpha value is -1.54. The van der Waals surface area contributed by atoms with Crippen molar-refractivity contribution in [3.05, 3.63) is 0 Å². The standard InChI is InChI=1S/C24H38O8/c25-20-3-1-2-18(10-20)14-30-23(26)28-12-16-4-6-17(7-5-16)13-29-24(27)31-15-19-8-9-21-22(11-19)32-21/h16-22,25H,1-15H2. The van der Waals surface area contributed by atoms with E-state index in [0.29, 0.717) is 62.8 Å². The van der Waals surface area contributed by atoms with Crippen molar-refractivity contribution in [3.8, 4) is 0 Å². The van der Waals surface area contributed by atoms with E-state index in [1.54, 1.807) is 0 Å². The average molecular weight is 455 g/mol. The third kappa shape index (κ3) is 7.51. The van der Waals surface area contributed by atoms with Crippen molar-refractivity contribution in [1.82, 2.24) is 0 Å². The van der Waals surface area contributed by atoms with Crippen LogP contribution in [-0.4, -0.2) is 62.2 Å². The summed E-state index contributed by atoms with van der Waals surface area (Å²) in [5.74, 6) is 1.28. The summed E-state index contributed by atoms with van der Waals surface area (Å²) in [7, 11) is 0. The molecule has 0 spiro atoms. The van der Waals surface area contributed by atoms with Gasteiger partial charge in [0.15, 0.2) is 0 Å². The van der Waals surface area contributed by atoms with Crippen LogP contribution in [0.5, 0.6) is 0 Å². The zero-order valence-electron chi connectivity index (χ0n) is 19.0. The summed E-state index contributed by atoms with van der Waals surface area (Å²) in [6, 6.07) is 0. The van der Waals surface area contributed by atoms with Gasteiger partial charge in [-0.2, -0.15) is 0 Å². The molecule has 0 radical (unpaired) electrons. The lowest BCUT2D eigenvalue weighted by Crippen LogP contribution is -2.26. The molecule has 0 aromatic heterocycles. The Labute approximate surface area is 190 Å². The molecule has 5 unspecified atom stereocenters. The van der Waals surface area contributed by atoms with Gasteiger partial charge in [-0.3, -0.25) is 0 Å². The Morgan fingerprint density at radius 2 is 1.12 bits per heavy atom. The third-order valence-corrected chi connectivity index (χ3v) is 7.58. The maximum atomic E-state index is 11.9. The minimum Gasteiger partial charge on any atom is -0.434 e. The van der Waals surface area contributed by atoms with Crippen molar-refractivity contribution >= 4 is 12.3 Å². The lowest BCUT2D eigenvalue weighted by Gasteiger charge is -2.28. The number of fused-ring (bicyclic) bond motifs is 1. The average Bonchev–Trinajstić information content (AvgIpc) is 3.58. The van der Waals surface area contributed by atoms with Gasteiger partial charge in [0, 0.05) is 0 Å². The minimum atomic E-state index is -0.611. The number of hydrogen-bond acceptors (Lipinski definition) is 8. The first-order chi connectivity index (χ1) is 15.5. The fraction of sp³-hybridized carbons (Fsp3) is 0.917. The third-order valence-electron chi connectivity index (χ3n) is 7.58. The smallest absolute Gasteiger partial charge is 0.434 e. The van der Waals surface area contributed by atoms with Crippen LogP contribution < -0.4 is 0 Å². The Bertz CT molecular complexity index is 583. The molecule has 182 valence electrons. The van der Waals surface area contributed by atoms with Gasteiger partial charge in [0.2, 0.25) is 0 Å². The molecule has 1 heterocycles. The Morgan fingerprint density at radius 3 is 1.66 bits per heavy atom. The maximum absolute atomic E-state index is 11.9. The van der Waals surface area contributed by atoms with Gasteiger partial charge in [0.05, 0.1) is 44.7 Å². The van der Waals surface area contributed by atoms with E-state index in [1.807, 2.05) is 0 Å². The Balaban J connectivity index is 1.01. The first kappa shape index (κ1) is 23.6. The van der Waals surface area contributed by atoms with E-state index < -0.39 is 12.3 Å². The quantitative estimate of drug-likeness (QED) is 0.429. The zero-order chi connectivity index (χ0) is 22.3. The monoisotopic (exact) mass is 454 g/mol. The SMILES string of the molecule is O=C(OCC1CCC(COC(=O)OCC2CCC3OC3C2)CC1)OCC1CCCC(O)C1. The molecule has 4 fully saturated rings. The van der Waals surface area contributed by atoms with Crippen LogP contribution in [0.2, 0.25) is 0 Å². The molecule has 32 heavy (non-hydrogen) atoms. The number of aliphatic hydroxyl groups is 1. The summed E-state index contributed by atoms with van der Waals surface area (Å²) in [6.07, 6.45) is 9.78. The van der Waals surface area contributed by atoms with Gasteiger partial charge in [0.1, 0.15) is 0 Å². The molecule has 8 heteroatoms. The molecule has 0 aromatic carbocycles. The van der Waals surface area contributed by atoms with Gasteiger partial charge in [0.25, 0.3) is 0 Å². The molecule has 5 atom stereocenters. The highest BCUT2D eigenvalue weighted by Crippen LogP contribution is 2.39. The number of epoxide rings is 1. The van der Waals surface area contributed by atoms with E-state index >= 15 is 0 Å². The second kappa shape index (κ2) is 11.5. The van der Waals surface area contributed by atoms with Crippen LogP contribution in [0.25, 0.3) is 0 Å². The van der Waals surface area contributed by atoms with E-state index in [2.05, 4.69) is 0 Å². The Morgan fingerprint density at radius 1 is 0.625 bits per heavy atom. The molecule has 4 rings (SSSR count). The number of rotatable bonds is 8. The second-order valence-electron chi connectivity index (χ2n) is 10.2. The molecule has 4 aliphatic rings. The fourth-order valence-electron chi connectivity index (χ4n) is 5.44. The molecule has 3 aliphatic carbocycles. The van der Waals surface area contributed by atoms with Crippen LogP contribution in [-0.2, 0) is 23.7 Å². The molecule has 0 amide bonds. The molecule has 0 bridgehead atoms. The highest BCUT2D eigenvalue weighted by Gasteiger charge is 2.44. The summed E-state index contributed by atoms with van der Waals surface area (Å²) < 4.78 is 26.7. The zero-order valence-corrected chi connectivity index (χ0v) is 19.0. The maximum Gasteiger partial charge on any atom is 0.508 e. The molecule has 8 nitrogen and oxygen atoms in total. The van der Waals surface area contributed by atoms with Crippen LogP contribution in [0.3, 0.4) is 0 Å². The summed E-state index contributed by atoms with van der Waals surface area (Å²) in [4.78, 5) is 23.8. The second-order valence-corrected chi connectivity index (χ2v) is 10.2. The van der Waals surface area contributed by atoms with Gasteiger partial charge in [-0.1, -0.05) is 6.42 Å². The largest absolute Gasteiger partial charge is 0.508 e. The van der Waals surface area contributed by atoms with Crippen molar-refractivity contribution in [1.29, 1.82) is 0 Å². The van der Waals surface area contributed by atoms with E-state index in [1.165, 1.54) is 0 Å². The summed E-state index contributed by atoms with van der Waals surface area (Å²) in [5, 5.41) is 9.69. The number of carbonyl (C=O) groups is 2. The van der Waals surface area contributed by atoms with Gasteiger partial charge in [-0.25, -0.2) is 9.59 Å². The van der Waals surface area contributed by atoms with Crippen molar-refractivity contribution in [2.45, 2.75) is 88.9 Å². The first-order valence-electron chi connectivity index (χ1n) is 12.5. The minimum absolute atomic E-state index is 0.232. The van der Waals surface area contributed by atoms with Crippen molar-refractivity contribution < 1.29 is 38.4 Å². The lowest BCUT2D eigenvalue weighted by molar-refractivity contribution is 0.00820.